The molecular weight excluding hydrogens is 238 g/mol. The van der Waals surface area contributed by atoms with Gasteiger partial charge >= 0.3 is 0 Å². The third-order valence-electron chi connectivity index (χ3n) is 3.81. The van der Waals surface area contributed by atoms with Crippen LogP contribution in [0.15, 0.2) is 10.9 Å². The maximum Gasteiger partial charge on any atom is 0.251 e. The number of likely N-dealkylation sites (N-methyl/N-ethyl adjacent to an activating group) is 1. The van der Waals surface area contributed by atoms with E-state index in [0.717, 1.165) is 43.9 Å². The van der Waals surface area contributed by atoms with Crippen LogP contribution in [0.25, 0.3) is 0 Å². The van der Waals surface area contributed by atoms with Gasteiger partial charge in [-0.05, 0) is 38.8 Å². The van der Waals surface area contributed by atoms with Crippen LogP contribution in [0.2, 0.25) is 0 Å². The van der Waals surface area contributed by atoms with Crippen molar-refractivity contribution in [1.29, 1.82) is 0 Å². The van der Waals surface area contributed by atoms with Gasteiger partial charge in [0.2, 0.25) is 0 Å². The SMILES string of the molecule is CC(C)CCc1nc(C2CCCN(C)C2)cc(=O)[nH]1. The fourth-order valence-electron chi connectivity index (χ4n) is 2.69. The summed E-state index contributed by atoms with van der Waals surface area (Å²) in [5.41, 5.74) is 0.978. The van der Waals surface area contributed by atoms with Crippen LogP contribution in [0.4, 0.5) is 0 Å². The van der Waals surface area contributed by atoms with Crippen molar-refractivity contribution in [3.63, 3.8) is 0 Å². The minimum atomic E-state index is -0.00279. The van der Waals surface area contributed by atoms with E-state index in [1.165, 1.54) is 6.42 Å². The molecule has 1 aliphatic heterocycles. The largest absolute Gasteiger partial charge is 0.311 e. The molecule has 19 heavy (non-hydrogen) atoms. The zero-order valence-corrected chi connectivity index (χ0v) is 12.3. The number of nitrogens with one attached hydrogen (secondary N) is 1. The first-order chi connectivity index (χ1) is 9.04. The summed E-state index contributed by atoms with van der Waals surface area (Å²) in [6.45, 7) is 6.55. The van der Waals surface area contributed by atoms with Gasteiger partial charge in [-0.1, -0.05) is 13.8 Å². The van der Waals surface area contributed by atoms with E-state index in [-0.39, 0.29) is 5.56 Å². The maximum atomic E-state index is 11.8. The normalized spacial score (nSPS) is 20.9. The molecule has 1 unspecified atom stereocenters. The van der Waals surface area contributed by atoms with Gasteiger partial charge in [0.1, 0.15) is 5.82 Å². The van der Waals surface area contributed by atoms with Crippen LogP contribution in [0.3, 0.4) is 0 Å². The Labute approximate surface area is 115 Å². The van der Waals surface area contributed by atoms with E-state index in [2.05, 4.69) is 35.8 Å². The van der Waals surface area contributed by atoms with E-state index in [1.807, 2.05) is 0 Å². The number of hydrogen-bond donors (Lipinski definition) is 1. The molecule has 4 heteroatoms. The molecule has 0 bridgehead atoms. The van der Waals surface area contributed by atoms with Crippen LogP contribution in [-0.4, -0.2) is 35.0 Å². The van der Waals surface area contributed by atoms with Crippen molar-refractivity contribution in [2.45, 2.75) is 45.4 Å². The van der Waals surface area contributed by atoms with Crippen molar-refractivity contribution in [3.05, 3.63) is 27.9 Å². The minimum Gasteiger partial charge on any atom is -0.311 e. The molecule has 0 radical (unpaired) electrons. The average Bonchev–Trinajstić information content (AvgIpc) is 2.36. The molecule has 2 heterocycles. The van der Waals surface area contributed by atoms with Gasteiger partial charge in [0.15, 0.2) is 0 Å². The molecule has 106 valence electrons. The Hall–Kier alpha value is -1.16. The molecule has 0 saturated carbocycles. The van der Waals surface area contributed by atoms with Gasteiger partial charge in [-0.2, -0.15) is 0 Å². The molecule has 0 aliphatic carbocycles. The molecule has 1 fully saturated rings. The van der Waals surface area contributed by atoms with Crippen LogP contribution in [0, 0.1) is 5.92 Å². The summed E-state index contributed by atoms with van der Waals surface area (Å²) in [5.74, 6) is 1.90. The van der Waals surface area contributed by atoms with Crippen molar-refractivity contribution < 1.29 is 0 Å². The number of aromatic amines is 1. The summed E-state index contributed by atoms with van der Waals surface area (Å²) in [7, 11) is 2.14. The summed E-state index contributed by atoms with van der Waals surface area (Å²) in [6, 6.07) is 1.68. The van der Waals surface area contributed by atoms with Gasteiger partial charge in [-0.3, -0.25) is 4.79 Å². The molecule has 2 rings (SSSR count). The standard InChI is InChI=1S/C15H25N3O/c1-11(2)6-7-14-16-13(9-15(19)17-14)12-5-4-8-18(3)10-12/h9,11-12H,4-8,10H2,1-3H3,(H,16,17,19). The van der Waals surface area contributed by atoms with Crippen LogP contribution in [0.1, 0.15) is 50.5 Å². The molecule has 1 aromatic rings. The lowest BCUT2D eigenvalue weighted by Gasteiger charge is -2.29. The highest BCUT2D eigenvalue weighted by molar-refractivity contribution is 5.10. The summed E-state index contributed by atoms with van der Waals surface area (Å²) in [6.07, 6.45) is 4.27. The lowest BCUT2D eigenvalue weighted by atomic mass is 9.95. The molecule has 1 atom stereocenters. The van der Waals surface area contributed by atoms with E-state index in [9.17, 15) is 4.79 Å². The van der Waals surface area contributed by atoms with Crippen molar-refractivity contribution in [2.24, 2.45) is 5.92 Å². The van der Waals surface area contributed by atoms with Gasteiger partial charge in [0, 0.05) is 24.9 Å². The lowest BCUT2D eigenvalue weighted by molar-refractivity contribution is 0.248. The Bertz CT molecular complexity index is 467. The topological polar surface area (TPSA) is 49.0 Å². The predicted molar refractivity (Wildman–Crippen MR) is 77.5 cm³/mol. The van der Waals surface area contributed by atoms with Gasteiger partial charge in [-0.25, -0.2) is 4.98 Å². The first-order valence-electron chi connectivity index (χ1n) is 7.33. The minimum absolute atomic E-state index is 0.00279. The highest BCUT2D eigenvalue weighted by atomic mass is 16.1. The third kappa shape index (κ3) is 4.16. The van der Waals surface area contributed by atoms with Gasteiger partial charge in [-0.15, -0.1) is 0 Å². The zero-order chi connectivity index (χ0) is 13.8. The van der Waals surface area contributed by atoms with E-state index < -0.39 is 0 Å². The number of H-pyrrole nitrogens is 1. The highest BCUT2D eigenvalue weighted by Crippen LogP contribution is 2.24. The molecule has 4 nitrogen and oxygen atoms in total. The van der Waals surface area contributed by atoms with Crippen LogP contribution >= 0.6 is 0 Å². The Balaban J connectivity index is 2.13. The second-order valence-corrected chi connectivity index (χ2v) is 6.15. The fraction of sp³-hybridized carbons (Fsp3) is 0.733. The van der Waals surface area contributed by atoms with E-state index >= 15 is 0 Å². The molecule has 0 spiro atoms. The summed E-state index contributed by atoms with van der Waals surface area (Å²) in [5, 5.41) is 0. The number of hydrogen-bond acceptors (Lipinski definition) is 3. The van der Waals surface area contributed by atoms with E-state index in [4.69, 9.17) is 0 Å². The Morgan fingerprint density at radius 1 is 1.53 bits per heavy atom. The molecule has 0 aromatic carbocycles. The Morgan fingerprint density at radius 2 is 2.32 bits per heavy atom. The van der Waals surface area contributed by atoms with Crippen molar-refractivity contribution in [3.8, 4) is 0 Å². The fourth-order valence-corrected chi connectivity index (χ4v) is 2.69. The van der Waals surface area contributed by atoms with Crippen molar-refractivity contribution >= 4 is 0 Å². The molecular formula is C15H25N3O. The number of rotatable bonds is 4. The number of piperidine rings is 1. The van der Waals surface area contributed by atoms with Crippen LogP contribution in [-0.2, 0) is 6.42 Å². The number of nitrogens with zero attached hydrogens (tertiary/aromatic N) is 2. The number of aromatic nitrogens is 2. The van der Waals surface area contributed by atoms with Crippen molar-refractivity contribution in [2.75, 3.05) is 20.1 Å². The summed E-state index contributed by atoms with van der Waals surface area (Å²) in [4.78, 5) is 21.6. The van der Waals surface area contributed by atoms with Gasteiger partial charge < -0.3 is 9.88 Å². The van der Waals surface area contributed by atoms with Gasteiger partial charge in [0.05, 0.1) is 5.69 Å². The first kappa shape index (κ1) is 14.3. The number of likely N-dealkylation sites (tertiary alicyclic amines) is 1. The van der Waals surface area contributed by atoms with Crippen LogP contribution in [0.5, 0.6) is 0 Å². The molecule has 1 saturated heterocycles. The Morgan fingerprint density at radius 3 is 3.00 bits per heavy atom. The second kappa shape index (κ2) is 6.33. The average molecular weight is 263 g/mol. The number of aryl methyl sites for hydroxylation is 1. The molecule has 1 aliphatic rings. The van der Waals surface area contributed by atoms with E-state index in [1.54, 1.807) is 6.07 Å². The first-order valence-corrected chi connectivity index (χ1v) is 7.33. The molecule has 1 N–H and O–H groups in total. The van der Waals surface area contributed by atoms with Crippen LogP contribution < -0.4 is 5.56 Å². The molecule has 0 amide bonds. The lowest BCUT2D eigenvalue weighted by Crippen LogP contribution is -2.32. The quantitative estimate of drug-likeness (QED) is 0.905. The van der Waals surface area contributed by atoms with E-state index in [0.29, 0.717) is 11.8 Å². The van der Waals surface area contributed by atoms with Gasteiger partial charge in [0.25, 0.3) is 5.56 Å². The second-order valence-electron chi connectivity index (χ2n) is 6.15. The summed E-state index contributed by atoms with van der Waals surface area (Å²) < 4.78 is 0. The monoisotopic (exact) mass is 263 g/mol. The molecule has 1 aromatic heterocycles. The zero-order valence-electron chi connectivity index (χ0n) is 12.3. The third-order valence-corrected chi connectivity index (χ3v) is 3.81. The Kier molecular flexibility index (Phi) is 4.75. The maximum absolute atomic E-state index is 11.8. The van der Waals surface area contributed by atoms with Crippen molar-refractivity contribution in [1.82, 2.24) is 14.9 Å². The summed E-state index contributed by atoms with van der Waals surface area (Å²) >= 11 is 0. The smallest absolute Gasteiger partial charge is 0.251 e. The predicted octanol–water partition coefficient (Wildman–Crippen LogP) is 2.17. The highest BCUT2D eigenvalue weighted by Gasteiger charge is 2.20.